The monoisotopic (exact) mass is 271 g/mol. The van der Waals surface area contributed by atoms with Gasteiger partial charge in [0.2, 0.25) is 5.91 Å². The first kappa shape index (κ1) is 16.0. The topological polar surface area (TPSA) is 66.8 Å². The lowest BCUT2D eigenvalue weighted by Crippen LogP contribution is -2.40. The lowest BCUT2D eigenvalue weighted by Gasteiger charge is -2.28. The van der Waals surface area contributed by atoms with Gasteiger partial charge in [-0.2, -0.15) is 0 Å². The van der Waals surface area contributed by atoms with Crippen LogP contribution in [0.1, 0.15) is 40.0 Å². The Balaban J connectivity index is 2.50. The third-order valence-electron chi connectivity index (χ3n) is 4.07. The third-order valence-corrected chi connectivity index (χ3v) is 4.07. The number of carbonyl (C=O) groups is 2. The van der Waals surface area contributed by atoms with Crippen LogP contribution < -0.4 is 0 Å². The Kier molecular flexibility index (Phi) is 5.79. The van der Waals surface area contributed by atoms with Gasteiger partial charge in [-0.15, -0.1) is 0 Å². The van der Waals surface area contributed by atoms with Crippen LogP contribution >= 0.6 is 0 Å². The zero-order valence-electron chi connectivity index (χ0n) is 12.1. The first-order valence-electron chi connectivity index (χ1n) is 7.03. The first-order chi connectivity index (χ1) is 8.94. The molecule has 0 aromatic heterocycles. The van der Waals surface area contributed by atoms with Crippen molar-refractivity contribution in [2.24, 2.45) is 11.3 Å². The number of carboxylic acid groups (broad SMARTS) is 1. The van der Waals surface area contributed by atoms with E-state index in [1.165, 1.54) is 0 Å². The van der Waals surface area contributed by atoms with Crippen LogP contribution in [0.5, 0.6) is 0 Å². The highest BCUT2D eigenvalue weighted by Crippen LogP contribution is 2.38. The molecule has 1 fully saturated rings. The number of nitrogens with zero attached hydrogens (tertiary/aromatic N) is 1. The van der Waals surface area contributed by atoms with Crippen molar-refractivity contribution < 1.29 is 19.4 Å². The Labute approximate surface area is 114 Å². The molecule has 0 aliphatic carbocycles. The van der Waals surface area contributed by atoms with Crippen molar-refractivity contribution in [3.8, 4) is 0 Å². The number of rotatable bonds is 7. The smallest absolute Gasteiger partial charge is 0.311 e. The maximum Gasteiger partial charge on any atom is 0.311 e. The summed E-state index contributed by atoms with van der Waals surface area (Å²) in [5.74, 6) is -0.707. The molecule has 1 saturated heterocycles. The molecule has 19 heavy (non-hydrogen) atoms. The van der Waals surface area contributed by atoms with Gasteiger partial charge in [-0.05, 0) is 25.7 Å². The maximum atomic E-state index is 12.0. The van der Waals surface area contributed by atoms with Crippen LogP contribution in [0.2, 0.25) is 0 Å². The molecule has 1 aliphatic rings. The van der Waals surface area contributed by atoms with Crippen LogP contribution in [-0.4, -0.2) is 48.2 Å². The van der Waals surface area contributed by atoms with Crippen molar-refractivity contribution in [1.82, 2.24) is 4.90 Å². The number of likely N-dealkylation sites (tertiary alicyclic amines) is 1. The van der Waals surface area contributed by atoms with E-state index in [0.717, 1.165) is 0 Å². The number of carbonyl (C=O) groups excluding carboxylic acids is 1. The van der Waals surface area contributed by atoms with Gasteiger partial charge in [0.05, 0.1) is 5.41 Å². The van der Waals surface area contributed by atoms with Crippen LogP contribution in [0.4, 0.5) is 0 Å². The molecule has 110 valence electrons. The van der Waals surface area contributed by atoms with Crippen LogP contribution in [0.25, 0.3) is 0 Å². The molecular weight excluding hydrogens is 246 g/mol. The molecule has 0 aromatic carbocycles. The molecule has 0 aromatic rings. The van der Waals surface area contributed by atoms with Gasteiger partial charge in [0, 0.05) is 32.7 Å². The summed E-state index contributed by atoms with van der Waals surface area (Å²) in [4.78, 5) is 25.2. The second-order valence-corrected chi connectivity index (χ2v) is 5.48. The Bertz CT molecular complexity index is 329. The minimum atomic E-state index is -0.785. The molecule has 0 radical (unpaired) electrons. The normalized spacial score (nSPS) is 23.1. The van der Waals surface area contributed by atoms with Gasteiger partial charge in [0.1, 0.15) is 0 Å². The number of hydrogen-bond donors (Lipinski definition) is 1. The van der Waals surface area contributed by atoms with Crippen LogP contribution in [0.3, 0.4) is 0 Å². The summed E-state index contributed by atoms with van der Waals surface area (Å²) < 4.78 is 5.20. The molecular formula is C14H25NO4. The standard InChI is InChI=1S/C14H25NO4/c1-4-19-9-5-6-12(16)15-8-7-14(10-15,11(2)3)13(17)18/h11H,4-10H2,1-3H3,(H,17,18). The van der Waals surface area contributed by atoms with E-state index in [9.17, 15) is 14.7 Å². The van der Waals surface area contributed by atoms with Gasteiger partial charge in [-0.3, -0.25) is 9.59 Å². The number of carboxylic acids is 1. The number of amides is 1. The first-order valence-corrected chi connectivity index (χ1v) is 7.03. The van der Waals surface area contributed by atoms with E-state index in [-0.39, 0.29) is 11.8 Å². The summed E-state index contributed by atoms with van der Waals surface area (Å²) in [6.45, 7) is 7.89. The van der Waals surface area contributed by atoms with E-state index in [0.29, 0.717) is 45.6 Å². The Morgan fingerprint density at radius 1 is 1.42 bits per heavy atom. The second kappa shape index (κ2) is 6.89. The molecule has 1 unspecified atom stereocenters. The highest BCUT2D eigenvalue weighted by atomic mass is 16.5. The Morgan fingerprint density at radius 3 is 2.58 bits per heavy atom. The quantitative estimate of drug-likeness (QED) is 0.716. The van der Waals surface area contributed by atoms with Gasteiger partial charge < -0.3 is 14.7 Å². The number of aliphatic carboxylic acids is 1. The van der Waals surface area contributed by atoms with Gasteiger partial charge in [-0.1, -0.05) is 13.8 Å². The van der Waals surface area contributed by atoms with E-state index in [1.807, 2.05) is 20.8 Å². The van der Waals surface area contributed by atoms with Crippen LogP contribution in [0, 0.1) is 11.3 Å². The Hall–Kier alpha value is -1.10. The average molecular weight is 271 g/mol. The molecule has 1 aliphatic heterocycles. The third kappa shape index (κ3) is 3.69. The summed E-state index contributed by atoms with van der Waals surface area (Å²) >= 11 is 0. The predicted octanol–water partition coefficient (Wildman–Crippen LogP) is 1.76. The van der Waals surface area contributed by atoms with E-state index in [2.05, 4.69) is 0 Å². The van der Waals surface area contributed by atoms with Gasteiger partial charge in [0.15, 0.2) is 0 Å². The SMILES string of the molecule is CCOCCCC(=O)N1CCC(C(=O)O)(C(C)C)C1. The highest BCUT2D eigenvalue weighted by molar-refractivity contribution is 5.80. The van der Waals surface area contributed by atoms with E-state index < -0.39 is 11.4 Å². The fourth-order valence-electron chi connectivity index (χ4n) is 2.57. The molecule has 0 saturated carbocycles. The van der Waals surface area contributed by atoms with E-state index in [4.69, 9.17) is 4.74 Å². The molecule has 0 spiro atoms. The molecule has 1 N–H and O–H groups in total. The number of hydrogen-bond acceptors (Lipinski definition) is 3. The summed E-state index contributed by atoms with van der Waals surface area (Å²) in [5.41, 5.74) is -0.768. The van der Waals surface area contributed by atoms with Gasteiger partial charge >= 0.3 is 5.97 Å². The zero-order chi connectivity index (χ0) is 14.5. The number of ether oxygens (including phenoxy) is 1. The van der Waals surface area contributed by atoms with Gasteiger partial charge in [-0.25, -0.2) is 0 Å². The summed E-state index contributed by atoms with van der Waals surface area (Å²) in [6.07, 6.45) is 1.69. The van der Waals surface area contributed by atoms with Crippen molar-refractivity contribution in [3.05, 3.63) is 0 Å². The van der Waals surface area contributed by atoms with Crippen molar-refractivity contribution in [3.63, 3.8) is 0 Å². The zero-order valence-corrected chi connectivity index (χ0v) is 12.1. The average Bonchev–Trinajstić information content (AvgIpc) is 2.81. The van der Waals surface area contributed by atoms with E-state index >= 15 is 0 Å². The molecule has 1 heterocycles. The second-order valence-electron chi connectivity index (χ2n) is 5.48. The molecule has 1 rings (SSSR count). The lowest BCUT2D eigenvalue weighted by atomic mass is 9.76. The minimum Gasteiger partial charge on any atom is -0.481 e. The largest absolute Gasteiger partial charge is 0.481 e. The van der Waals surface area contributed by atoms with Crippen molar-refractivity contribution >= 4 is 11.9 Å². The van der Waals surface area contributed by atoms with Crippen LogP contribution in [-0.2, 0) is 14.3 Å². The van der Waals surface area contributed by atoms with Crippen molar-refractivity contribution in [2.75, 3.05) is 26.3 Å². The molecule has 0 bridgehead atoms. The van der Waals surface area contributed by atoms with E-state index in [1.54, 1.807) is 4.90 Å². The Morgan fingerprint density at radius 2 is 2.11 bits per heavy atom. The molecule has 5 heteroatoms. The van der Waals surface area contributed by atoms with Crippen molar-refractivity contribution in [2.45, 2.75) is 40.0 Å². The van der Waals surface area contributed by atoms with Crippen LogP contribution in [0.15, 0.2) is 0 Å². The van der Waals surface area contributed by atoms with Crippen molar-refractivity contribution in [1.29, 1.82) is 0 Å². The minimum absolute atomic E-state index is 0.0335. The predicted molar refractivity (Wildman–Crippen MR) is 71.8 cm³/mol. The summed E-state index contributed by atoms with van der Waals surface area (Å²) in [6, 6.07) is 0. The highest BCUT2D eigenvalue weighted by Gasteiger charge is 2.48. The summed E-state index contributed by atoms with van der Waals surface area (Å²) in [5, 5.41) is 9.42. The fraction of sp³-hybridized carbons (Fsp3) is 0.857. The fourth-order valence-corrected chi connectivity index (χ4v) is 2.57. The molecule has 5 nitrogen and oxygen atoms in total. The lowest BCUT2D eigenvalue weighted by molar-refractivity contribution is -0.151. The maximum absolute atomic E-state index is 12.0. The molecule has 1 amide bonds. The summed E-state index contributed by atoms with van der Waals surface area (Å²) in [7, 11) is 0. The van der Waals surface area contributed by atoms with Gasteiger partial charge in [0.25, 0.3) is 0 Å². The molecule has 1 atom stereocenters.